The fourth-order valence-corrected chi connectivity index (χ4v) is 4.13. The number of aryl methyl sites for hydroxylation is 1. The highest BCUT2D eigenvalue weighted by atomic mass is 32.2. The van der Waals surface area contributed by atoms with Crippen molar-refractivity contribution in [3.63, 3.8) is 0 Å². The van der Waals surface area contributed by atoms with Crippen molar-refractivity contribution in [1.29, 1.82) is 0 Å². The molecule has 2 aromatic rings. The number of carbonyl (C=O) groups excluding carboxylic acids is 2. The molecule has 2 aromatic heterocycles. The SMILES string of the molecule is Cc1cc(NC(=O)c2cccc(C(=O)NC3CCS(=O)(=O)C3)n2)no1. The zero-order valence-electron chi connectivity index (χ0n) is 13.4. The maximum absolute atomic E-state index is 12.2. The third-order valence-electron chi connectivity index (χ3n) is 3.65. The first-order valence-electron chi connectivity index (χ1n) is 7.55. The van der Waals surface area contributed by atoms with Gasteiger partial charge in [-0.05, 0) is 25.5 Å². The molecule has 1 unspecified atom stereocenters. The Morgan fingerprint density at radius 2 is 1.96 bits per heavy atom. The van der Waals surface area contributed by atoms with Gasteiger partial charge in [0.1, 0.15) is 17.1 Å². The van der Waals surface area contributed by atoms with E-state index in [9.17, 15) is 18.0 Å². The van der Waals surface area contributed by atoms with Crippen molar-refractivity contribution in [1.82, 2.24) is 15.5 Å². The minimum absolute atomic E-state index is 0.0346. The lowest BCUT2D eigenvalue weighted by molar-refractivity contribution is 0.0936. The average molecular weight is 364 g/mol. The van der Waals surface area contributed by atoms with Crippen LogP contribution in [-0.2, 0) is 9.84 Å². The summed E-state index contributed by atoms with van der Waals surface area (Å²) in [4.78, 5) is 28.4. The van der Waals surface area contributed by atoms with Crippen LogP contribution < -0.4 is 10.6 Å². The van der Waals surface area contributed by atoms with E-state index in [4.69, 9.17) is 4.52 Å². The summed E-state index contributed by atoms with van der Waals surface area (Å²) >= 11 is 0. The summed E-state index contributed by atoms with van der Waals surface area (Å²) in [5, 5.41) is 8.79. The van der Waals surface area contributed by atoms with E-state index < -0.39 is 27.7 Å². The Bertz CT molecular complexity index is 922. The van der Waals surface area contributed by atoms with Gasteiger partial charge in [0.25, 0.3) is 11.8 Å². The zero-order chi connectivity index (χ0) is 18.0. The number of anilines is 1. The highest BCUT2D eigenvalue weighted by Crippen LogP contribution is 2.12. The van der Waals surface area contributed by atoms with Crippen LogP contribution in [0.15, 0.2) is 28.8 Å². The summed E-state index contributed by atoms with van der Waals surface area (Å²) in [6, 6.07) is 5.55. The molecule has 0 bridgehead atoms. The standard InChI is InChI=1S/C15H16N4O5S/c1-9-7-13(19-24-9)18-15(21)12-4-2-3-11(17-12)14(20)16-10-5-6-25(22,23)8-10/h2-4,7,10H,5-6,8H2,1H3,(H,16,20)(H,18,19,21). The van der Waals surface area contributed by atoms with Gasteiger partial charge in [0, 0.05) is 12.1 Å². The molecule has 1 aliphatic heterocycles. The molecule has 1 atom stereocenters. The van der Waals surface area contributed by atoms with Crippen molar-refractivity contribution in [2.45, 2.75) is 19.4 Å². The quantitative estimate of drug-likeness (QED) is 0.809. The van der Waals surface area contributed by atoms with Gasteiger partial charge in [-0.1, -0.05) is 11.2 Å². The van der Waals surface area contributed by atoms with Crippen LogP contribution in [0.3, 0.4) is 0 Å². The summed E-state index contributed by atoms with van der Waals surface area (Å²) < 4.78 is 27.7. The molecule has 25 heavy (non-hydrogen) atoms. The van der Waals surface area contributed by atoms with Crippen molar-refractivity contribution in [2.24, 2.45) is 0 Å². The highest BCUT2D eigenvalue weighted by Gasteiger charge is 2.29. The minimum Gasteiger partial charge on any atom is -0.360 e. The van der Waals surface area contributed by atoms with E-state index in [0.717, 1.165) is 0 Å². The summed E-state index contributed by atoms with van der Waals surface area (Å²) in [5.41, 5.74) is 0.0700. The Kier molecular flexibility index (Phi) is 4.53. The molecule has 1 fully saturated rings. The molecule has 10 heteroatoms. The van der Waals surface area contributed by atoms with Crippen molar-refractivity contribution < 1.29 is 22.5 Å². The predicted octanol–water partition coefficient (Wildman–Crippen LogP) is 0.547. The highest BCUT2D eigenvalue weighted by molar-refractivity contribution is 7.91. The lowest BCUT2D eigenvalue weighted by Crippen LogP contribution is -2.36. The average Bonchev–Trinajstić information content (AvgIpc) is 3.12. The second kappa shape index (κ2) is 6.63. The van der Waals surface area contributed by atoms with E-state index in [0.29, 0.717) is 12.2 Å². The fraction of sp³-hybridized carbons (Fsp3) is 0.333. The van der Waals surface area contributed by atoms with Gasteiger partial charge in [0.15, 0.2) is 15.7 Å². The molecule has 0 spiro atoms. The van der Waals surface area contributed by atoms with Gasteiger partial charge in [-0.3, -0.25) is 9.59 Å². The number of carbonyl (C=O) groups is 2. The van der Waals surface area contributed by atoms with E-state index in [1.54, 1.807) is 13.0 Å². The number of hydrogen-bond acceptors (Lipinski definition) is 7. The van der Waals surface area contributed by atoms with Crippen LogP contribution >= 0.6 is 0 Å². The lowest BCUT2D eigenvalue weighted by atomic mass is 10.2. The molecule has 3 rings (SSSR count). The van der Waals surface area contributed by atoms with E-state index in [2.05, 4.69) is 20.8 Å². The smallest absolute Gasteiger partial charge is 0.275 e. The lowest BCUT2D eigenvalue weighted by Gasteiger charge is -2.10. The Morgan fingerprint density at radius 1 is 1.24 bits per heavy atom. The molecule has 1 saturated heterocycles. The van der Waals surface area contributed by atoms with Crippen LogP contribution in [0.4, 0.5) is 5.82 Å². The number of amides is 2. The summed E-state index contributed by atoms with van der Waals surface area (Å²) in [6.07, 6.45) is 0.375. The first kappa shape index (κ1) is 17.1. The molecule has 0 aliphatic carbocycles. The Labute approximate surface area is 143 Å². The molecule has 9 nitrogen and oxygen atoms in total. The molecule has 2 N–H and O–H groups in total. The second-order valence-electron chi connectivity index (χ2n) is 5.76. The van der Waals surface area contributed by atoms with Crippen molar-refractivity contribution in [2.75, 3.05) is 16.8 Å². The first-order valence-corrected chi connectivity index (χ1v) is 9.37. The fourth-order valence-electron chi connectivity index (χ4n) is 2.46. The van der Waals surface area contributed by atoms with Gasteiger partial charge in [0.2, 0.25) is 0 Å². The van der Waals surface area contributed by atoms with E-state index in [1.807, 2.05) is 0 Å². The number of nitrogens with zero attached hydrogens (tertiary/aromatic N) is 2. The van der Waals surface area contributed by atoms with E-state index in [-0.39, 0.29) is 28.7 Å². The van der Waals surface area contributed by atoms with E-state index in [1.165, 1.54) is 18.2 Å². The summed E-state index contributed by atoms with van der Waals surface area (Å²) in [5.74, 6) is -0.284. The second-order valence-corrected chi connectivity index (χ2v) is 7.99. The van der Waals surface area contributed by atoms with Crippen LogP contribution in [0, 0.1) is 6.92 Å². The van der Waals surface area contributed by atoms with Crippen LogP contribution in [-0.4, -0.2) is 47.9 Å². The van der Waals surface area contributed by atoms with Gasteiger partial charge in [-0.25, -0.2) is 13.4 Å². The summed E-state index contributed by atoms with van der Waals surface area (Å²) in [6.45, 7) is 1.69. The van der Waals surface area contributed by atoms with Gasteiger partial charge >= 0.3 is 0 Å². The normalized spacial score (nSPS) is 18.7. The third-order valence-corrected chi connectivity index (χ3v) is 5.42. The van der Waals surface area contributed by atoms with Gasteiger partial charge in [-0.15, -0.1) is 0 Å². The van der Waals surface area contributed by atoms with Crippen LogP contribution in [0.2, 0.25) is 0 Å². The molecular formula is C15H16N4O5S. The molecule has 1 aliphatic rings. The Balaban J connectivity index is 1.68. The minimum atomic E-state index is -3.09. The molecule has 132 valence electrons. The van der Waals surface area contributed by atoms with Gasteiger partial charge < -0.3 is 15.2 Å². The van der Waals surface area contributed by atoms with Crippen molar-refractivity contribution in [3.8, 4) is 0 Å². The molecule has 2 amide bonds. The van der Waals surface area contributed by atoms with Crippen LogP contribution in [0.1, 0.15) is 33.2 Å². The van der Waals surface area contributed by atoms with Crippen molar-refractivity contribution >= 4 is 27.5 Å². The first-order chi connectivity index (χ1) is 11.8. The largest absolute Gasteiger partial charge is 0.360 e. The van der Waals surface area contributed by atoms with E-state index >= 15 is 0 Å². The zero-order valence-corrected chi connectivity index (χ0v) is 14.2. The monoisotopic (exact) mass is 364 g/mol. The molecular weight excluding hydrogens is 348 g/mol. The Morgan fingerprint density at radius 3 is 2.56 bits per heavy atom. The molecule has 0 radical (unpaired) electrons. The topological polar surface area (TPSA) is 131 Å². The molecule has 0 aromatic carbocycles. The Hall–Kier alpha value is -2.75. The van der Waals surface area contributed by atoms with Crippen LogP contribution in [0.25, 0.3) is 0 Å². The molecule has 3 heterocycles. The number of nitrogens with one attached hydrogen (secondary N) is 2. The van der Waals surface area contributed by atoms with Crippen molar-refractivity contribution in [3.05, 3.63) is 41.4 Å². The number of pyridine rings is 1. The number of aromatic nitrogens is 2. The maximum atomic E-state index is 12.2. The van der Waals surface area contributed by atoms with Crippen LogP contribution in [0.5, 0.6) is 0 Å². The van der Waals surface area contributed by atoms with Gasteiger partial charge in [0.05, 0.1) is 11.5 Å². The number of rotatable bonds is 4. The van der Waals surface area contributed by atoms with Gasteiger partial charge in [-0.2, -0.15) is 0 Å². The number of sulfone groups is 1. The maximum Gasteiger partial charge on any atom is 0.275 e. The number of hydrogen-bond donors (Lipinski definition) is 2. The molecule has 0 saturated carbocycles. The predicted molar refractivity (Wildman–Crippen MR) is 88.0 cm³/mol. The summed E-state index contributed by atoms with van der Waals surface area (Å²) in [7, 11) is -3.09. The third kappa shape index (κ3) is 4.21.